The van der Waals surface area contributed by atoms with Crippen molar-refractivity contribution in [3.8, 4) is 0 Å². The summed E-state index contributed by atoms with van der Waals surface area (Å²) in [4.78, 5) is 5.08. The van der Waals surface area contributed by atoms with Crippen LogP contribution >= 0.6 is 0 Å². The van der Waals surface area contributed by atoms with E-state index < -0.39 is 0 Å². The van der Waals surface area contributed by atoms with E-state index >= 15 is 0 Å². The zero-order valence-corrected chi connectivity index (χ0v) is 12.5. The molecule has 0 amide bonds. The van der Waals surface area contributed by atoms with E-state index in [-0.39, 0.29) is 5.60 Å². The van der Waals surface area contributed by atoms with E-state index in [4.69, 9.17) is 4.74 Å². The van der Waals surface area contributed by atoms with E-state index in [1.807, 2.05) is 0 Å². The van der Waals surface area contributed by atoms with Gasteiger partial charge >= 0.3 is 0 Å². The summed E-state index contributed by atoms with van der Waals surface area (Å²) in [5.74, 6) is 0. The average Bonchev–Trinajstić information content (AvgIpc) is 2.26. The molecule has 0 spiro atoms. The molecule has 102 valence electrons. The lowest BCUT2D eigenvalue weighted by Gasteiger charge is -2.44. The zero-order chi connectivity index (χ0) is 13.1. The third kappa shape index (κ3) is 4.23. The molecule has 0 saturated carbocycles. The first-order chi connectivity index (χ1) is 7.86. The highest BCUT2D eigenvalue weighted by atomic mass is 16.5. The van der Waals surface area contributed by atoms with Crippen molar-refractivity contribution < 1.29 is 4.74 Å². The van der Waals surface area contributed by atoms with Gasteiger partial charge in [0, 0.05) is 32.2 Å². The van der Waals surface area contributed by atoms with Crippen molar-refractivity contribution in [1.29, 1.82) is 0 Å². The van der Waals surface area contributed by atoms with Crippen LogP contribution in [-0.2, 0) is 4.74 Å². The highest BCUT2D eigenvalue weighted by Gasteiger charge is 2.33. The maximum atomic E-state index is 6.05. The predicted molar refractivity (Wildman–Crippen MR) is 73.4 cm³/mol. The summed E-state index contributed by atoms with van der Waals surface area (Å²) in [5, 5.41) is 0. The minimum absolute atomic E-state index is 0.0669. The summed E-state index contributed by atoms with van der Waals surface area (Å²) in [5.41, 5.74) is -0.0669. The number of hydrogen-bond acceptors (Lipinski definition) is 3. The number of ether oxygens (including phenoxy) is 1. The van der Waals surface area contributed by atoms with Crippen LogP contribution in [0.25, 0.3) is 0 Å². The van der Waals surface area contributed by atoms with Gasteiger partial charge in [0.2, 0.25) is 0 Å². The van der Waals surface area contributed by atoms with Crippen molar-refractivity contribution in [2.24, 2.45) is 0 Å². The summed E-state index contributed by atoms with van der Waals surface area (Å²) in [6.07, 6.45) is 0.296. The molecular weight excluding hydrogens is 212 g/mol. The smallest absolute Gasteiger partial charge is 0.0781 e. The molecule has 1 unspecified atom stereocenters. The summed E-state index contributed by atoms with van der Waals surface area (Å²) in [6, 6.07) is 0.476. The Bertz CT molecular complexity index is 220. The van der Waals surface area contributed by atoms with Crippen LogP contribution < -0.4 is 0 Å². The number of likely N-dealkylation sites (N-methyl/N-ethyl adjacent to an activating group) is 1. The fraction of sp³-hybridized carbons (Fsp3) is 1.00. The maximum Gasteiger partial charge on any atom is 0.0781 e. The minimum atomic E-state index is -0.0669. The lowest BCUT2D eigenvalue weighted by molar-refractivity contribution is -0.107. The third-order valence-corrected chi connectivity index (χ3v) is 3.95. The summed E-state index contributed by atoms with van der Waals surface area (Å²) >= 11 is 0. The molecule has 0 N–H and O–H groups in total. The Labute approximate surface area is 107 Å². The average molecular weight is 242 g/mol. The lowest BCUT2D eigenvalue weighted by atomic mass is 9.97. The molecule has 1 saturated heterocycles. The standard InChI is InChI=1S/C14H30N2O/c1-7-15-8-10-16(11-9-15)13(4)14(5,6)17-12(2)3/h12-13H,7-11H2,1-6H3. The van der Waals surface area contributed by atoms with Gasteiger partial charge in [-0.2, -0.15) is 0 Å². The first kappa shape index (κ1) is 14.9. The van der Waals surface area contributed by atoms with Crippen molar-refractivity contribution in [2.45, 2.75) is 59.3 Å². The number of hydrogen-bond donors (Lipinski definition) is 0. The third-order valence-electron chi connectivity index (χ3n) is 3.95. The Kier molecular flexibility index (Phi) is 5.42. The SMILES string of the molecule is CCN1CCN(C(C)C(C)(C)OC(C)C)CC1. The van der Waals surface area contributed by atoms with Gasteiger partial charge in [-0.25, -0.2) is 0 Å². The van der Waals surface area contributed by atoms with Crippen molar-refractivity contribution in [1.82, 2.24) is 9.80 Å². The first-order valence-electron chi connectivity index (χ1n) is 7.01. The Morgan fingerprint density at radius 3 is 2.00 bits per heavy atom. The van der Waals surface area contributed by atoms with Gasteiger partial charge < -0.3 is 9.64 Å². The Morgan fingerprint density at radius 2 is 1.59 bits per heavy atom. The second-order valence-corrected chi connectivity index (χ2v) is 5.92. The molecular formula is C14H30N2O. The maximum absolute atomic E-state index is 6.05. The zero-order valence-electron chi connectivity index (χ0n) is 12.5. The normalized spacial score (nSPS) is 22.1. The van der Waals surface area contributed by atoms with Crippen molar-refractivity contribution in [3.05, 3.63) is 0 Å². The molecule has 1 atom stereocenters. The summed E-state index contributed by atoms with van der Waals surface area (Å²) in [7, 11) is 0. The Morgan fingerprint density at radius 1 is 1.06 bits per heavy atom. The molecule has 1 aliphatic rings. The number of piperazine rings is 1. The van der Waals surface area contributed by atoms with Crippen LogP contribution in [-0.4, -0.2) is 60.3 Å². The fourth-order valence-corrected chi connectivity index (χ4v) is 2.61. The second kappa shape index (κ2) is 6.17. The molecule has 0 aliphatic carbocycles. The van der Waals surface area contributed by atoms with Gasteiger partial charge in [-0.1, -0.05) is 6.92 Å². The van der Waals surface area contributed by atoms with Crippen molar-refractivity contribution >= 4 is 0 Å². The van der Waals surface area contributed by atoms with E-state index in [1.54, 1.807) is 0 Å². The van der Waals surface area contributed by atoms with Gasteiger partial charge in [-0.05, 0) is 41.2 Å². The topological polar surface area (TPSA) is 15.7 Å². The molecule has 3 heteroatoms. The number of rotatable bonds is 5. The predicted octanol–water partition coefficient (Wildman–Crippen LogP) is 2.22. The monoisotopic (exact) mass is 242 g/mol. The van der Waals surface area contributed by atoms with E-state index in [2.05, 4.69) is 51.3 Å². The van der Waals surface area contributed by atoms with E-state index in [1.165, 1.54) is 32.7 Å². The van der Waals surface area contributed by atoms with Crippen molar-refractivity contribution in [3.63, 3.8) is 0 Å². The number of nitrogens with zero attached hydrogens (tertiary/aromatic N) is 2. The lowest BCUT2D eigenvalue weighted by Crippen LogP contribution is -2.56. The van der Waals surface area contributed by atoms with Gasteiger partial charge in [0.15, 0.2) is 0 Å². The van der Waals surface area contributed by atoms with Crippen molar-refractivity contribution in [2.75, 3.05) is 32.7 Å². The van der Waals surface area contributed by atoms with Gasteiger partial charge in [0.25, 0.3) is 0 Å². The highest BCUT2D eigenvalue weighted by molar-refractivity contribution is 4.87. The molecule has 1 fully saturated rings. The molecule has 1 aliphatic heterocycles. The summed E-state index contributed by atoms with van der Waals surface area (Å²) < 4.78 is 6.05. The molecule has 3 nitrogen and oxygen atoms in total. The Balaban J connectivity index is 2.50. The second-order valence-electron chi connectivity index (χ2n) is 5.92. The largest absolute Gasteiger partial charge is 0.371 e. The molecule has 1 rings (SSSR count). The summed E-state index contributed by atoms with van der Waals surface area (Å²) in [6.45, 7) is 19.1. The van der Waals surface area contributed by atoms with E-state index in [9.17, 15) is 0 Å². The minimum Gasteiger partial charge on any atom is -0.371 e. The van der Waals surface area contributed by atoms with Crippen LogP contribution in [0, 0.1) is 0 Å². The van der Waals surface area contributed by atoms with Gasteiger partial charge in [-0.15, -0.1) is 0 Å². The Hall–Kier alpha value is -0.120. The molecule has 0 aromatic heterocycles. The first-order valence-corrected chi connectivity index (χ1v) is 7.01. The van der Waals surface area contributed by atoms with E-state index in [0.29, 0.717) is 12.1 Å². The molecule has 1 heterocycles. The van der Waals surface area contributed by atoms with Gasteiger partial charge in [0.05, 0.1) is 11.7 Å². The van der Waals surface area contributed by atoms with Crippen LogP contribution in [0.3, 0.4) is 0 Å². The van der Waals surface area contributed by atoms with Crippen LogP contribution in [0.1, 0.15) is 41.5 Å². The molecule has 0 radical (unpaired) electrons. The van der Waals surface area contributed by atoms with Gasteiger partial charge in [0.1, 0.15) is 0 Å². The fourth-order valence-electron chi connectivity index (χ4n) is 2.61. The highest BCUT2D eigenvalue weighted by Crippen LogP contribution is 2.22. The van der Waals surface area contributed by atoms with Gasteiger partial charge in [-0.3, -0.25) is 4.90 Å². The molecule has 0 aromatic rings. The van der Waals surface area contributed by atoms with Crippen LogP contribution in [0.4, 0.5) is 0 Å². The molecule has 0 bridgehead atoms. The van der Waals surface area contributed by atoms with E-state index in [0.717, 1.165) is 0 Å². The van der Waals surface area contributed by atoms with Crippen LogP contribution in [0.15, 0.2) is 0 Å². The van der Waals surface area contributed by atoms with Crippen LogP contribution in [0.5, 0.6) is 0 Å². The molecule has 17 heavy (non-hydrogen) atoms. The molecule has 0 aromatic carbocycles. The van der Waals surface area contributed by atoms with Crippen LogP contribution in [0.2, 0.25) is 0 Å². The quantitative estimate of drug-likeness (QED) is 0.735.